The van der Waals surface area contributed by atoms with Crippen molar-refractivity contribution in [2.45, 2.75) is 37.4 Å². The summed E-state index contributed by atoms with van der Waals surface area (Å²) in [6.45, 7) is 2.18. The van der Waals surface area contributed by atoms with Crippen LogP contribution < -0.4 is 14.5 Å². The molecule has 0 saturated carbocycles. The summed E-state index contributed by atoms with van der Waals surface area (Å²) in [6, 6.07) is 20.5. The molecule has 16 heteroatoms. The molecule has 2 aromatic heterocycles. The molecule has 0 aliphatic carbocycles. The summed E-state index contributed by atoms with van der Waals surface area (Å²) in [6.07, 6.45) is -1.18. The highest BCUT2D eigenvalue weighted by molar-refractivity contribution is 7.91. The number of fused-ring (bicyclic) bond motifs is 3. The van der Waals surface area contributed by atoms with Crippen molar-refractivity contribution in [3.8, 4) is 28.1 Å². The Morgan fingerprint density at radius 1 is 0.945 bits per heavy atom. The molecule has 12 nitrogen and oxygen atoms in total. The van der Waals surface area contributed by atoms with Gasteiger partial charge in [-0.3, -0.25) is 14.7 Å². The van der Waals surface area contributed by atoms with Crippen LogP contribution in [0, 0.1) is 0 Å². The summed E-state index contributed by atoms with van der Waals surface area (Å²) < 4.78 is 71.3. The highest BCUT2D eigenvalue weighted by Crippen LogP contribution is 2.44. The lowest BCUT2D eigenvalue weighted by Gasteiger charge is -2.35. The number of benzene rings is 3. The standard InChI is InChI=1S/C39H36F3N5O7S/c1-45-31-20-43-35-33(30(31)22-47(38(45)50)27-12-8-26(9-13-27)36(48)54-37(49)39(40,41)42)32(24-10-14-28(53-2)15-11-24)34(44-35)25-6-4-23(5-7-25)21-46-18-16-29(17-19-46)55(3,51)52/h4-15,20,29H,16-19,21-22H2,1-3H3,(H,43,44). The van der Waals surface area contributed by atoms with Gasteiger partial charge in [-0.15, -0.1) is 0 Å². The van der Waals surface area contributed by atoms with Crippen molar-refractivity contribution in [2.75, 3.05) is 43.3 Å². The topological polar surface area (TPSA) is 142 Å². The second kappa shape index (κ2) is 14.5. The van der Waals surface area contributed by atoms with Crippen LogP contribution >= 0.6 is 0 Å². The van der Waals surface area contributed by atoms with Crippen molar-refractivity contribution in [1.82, 2.24) is 14.9 Å². The number of aromatic nitrogens is 2. The van der Waals surface area contributed by atoms with E-state index in [-0.39, 0.29) is 17.4 Å². The highest BCUT2D eigenvalue weighted by atomic mass is 32.2. The maximum Gasteiger partial charge on any atom is 0.491 e. The molecular weight excluding hydrogens is 740 g/mol. The number of urea groups is 1. The zero-order valence-corrected chi connectivity index (χ0v) is 30.8. The maximum atomic E-state index is 13.7. The lowest BCUT2D eigenvalue weighted by atomic mass is 9.94. The van der Waals surface area contributed by atoms with Crippen molar-refractivity contribution in [3.05, 3.63) is 95.7 Å². The average Bonchev–Trinajstić information content (AvgIpc) is 3.56. The van der Waals surface area contributed by atoms with Gasteiger partial charge >= 0.3 is 24.1 Å². The Balaban J connectivity index is 1.23. The lowest BCUT2D eigenvalue weighted by molar-refractivity contribution is -0.193. The molecule has 7 rings (SSSR count). The Bertz CT molecular complexity index is 2390. The predicted octanol–water partition coefficient (Wildman–Crippen LogP) is 6.74. The van der Waals surface area contributed by atoms with Gasteiger partial charge in [0.25, 0.3) is 0 Å². The average molecular weight is 776 g/mol. The molecular formula is C39H36F3N5O7S. The Morgan fingerprint density at radius 2 is 1.58 bits per heavy atom. The Hall–Kier alpha value is -5.74. The smallest absolute Gasteiger partial charge is 0.491 e. The van der Waals surface area contributed by atoms with Gasteiger partial charge in [-0.1, -0.05) is 36.4 Å². The van der Waals surface area contributed by atoms with E-state index in [9.17, 15) is 36.0 Å². The molecule has 2 aliphatic rings. The number of esters is 2. The minimum absolute atomic E-state index is 0.0866. The second-order valence-electron chi connectivity index (χ2n) is 13.6. The number of hydrogen-bond acceptors (Lipinski definition) is 9. The van der Waals surface area contributed by atoms with Crippen LogP contribution in [0.2, 0.25) is 0 Å². The largest absolute Gasteiger partial charge is 0.497 e. The molecule has 1 fully saturated rings. The van der Waals surface area contributed by atoms with Crippen LogP contribution in [0.5, 0.6) is 5.75 Å². The quantitative estimate of drug-likeness (QED) is 0.134. The number of methoxy groups -OCH3 is 1. The van der Waals surface area contributed by atoms with Gasteiger partial charge in [-0.25, -0.2) is 27.8 Å². The van der Waals surface area contributed by atoms with Gasteiger partial charge in [0.05, 0.1) is 42.0 Å². The number of carbonyl (C=O) groups excluding carboxylic acids is 3. The molecule has 3 aromatic carbocycles. The summed E-state index contributed by atoms with van der Waals surface area (Å²) in [5, 5.41) is 0.471. The summed E-state index contributed by atoms with van der Waals surface area (Å²) in [4.78, 5) is 50.5. The van der Waals surface area contributed by atoms with Gasteiger partial charge in [0.1, 0.15) is 21.2 Å². The first-order valence-corrected chi connectivity index (χ1v) is 19.2. The van der Waals surface area contributed by atoms with Crippen LogP contribution in [0.1, 0.15) is 34.3 Å². The summed E-state index contributed by atoms with van der Waals surface area (Å²) in [5.41, 5.74) is 6.45. The van der Waals surface area contributed by atoms with Crippen LogP contribution in [0.15, 0.2) is 79.0 Å². The van der Waals surface area contributed by atoms with E-state index in [2.05, 4.69) is 26.8 Å². The SMILES string of the molecule is COc1ccc(-c2c(-c3ccc(CN4CCC(S(C)(=O)=O)CC4)cc3)[nH]c3ncc4c(c23)CN(c2ccc(C(=O)OC(=O)C(F)(F)F)cc2)C(=O)N4C)cc1. The molecule has 0 unspecified atom stereocenters. The predicted molar refractivity (Wildman–Crippen MR) is 200 cm³/mol. The van der Waals surface area contributed by atoms with E-state index in [1.807, 2.05) is 36.4 Å². The fraction of sp³-hybridized carbons (Fsp3) is 0.282. The van der Waals surface area contributed by atoms with Gasteiger partial charge in [-0.2, -0.15) is 13.2 Å². The number of likely N-dealkylation sites (tertiary alicyclic amines) is 1. The summed E-state index contributed by atoms with van der Waals surface area (Å²) in [7, 11) is 0.134. The number of amides is 2. The number of aromatic amines is 1. The third-order valence-corrected chi connectivity index (χ3v) is 11.8. The van der Waals surface area contributed by atoms with Crippen LogP contribution in [0.3, 0.4) is 0 Å². The molecule has 2 amide bonds. The number of ether oxygens (including phenoxy) is 2. The summed E-state index contributed by atoms with van der Waals surface area (Å²) in [5.74, 6) is -3.43. The zero-order valence-electron chi connectivity index (χ0n) is 30.0. The molecule has 0 atom stereocenters. The van der Waals surface area contributed by atoms with Crippen molar-refractivity contribution >= 4 is 50.2 Å². The Kier molecular flexibility index (Phi) is 9.90. The first kappa shape index (κ1) is 37.6. The molecule has 0 spiro atoms. The van der Waals surface area contributed by atoms with E-state index in [0.29, 0.717) is 55.2 Å². The number of hydrogen-bond donors (Lipinski definition) is 1. The van der Waals surface area contributed by atoms with E-state index in [1.165, 1.54) is 40.3 Å². The fourth-order valence-electron chi connectivity index (χ4n) is 7.14. The van der Waals surface area contributed by atoms with Crippen molar-refractivity contribution in [2.24, 2.45) is 0 Å². The van der Waals surface area contributed by atoms with Gasteiger partial charge in [0, 0.05) is 42.0 Å². The zero-order chi connectivity index (χ0) is 39.2. The van der Waals surface area contributed by atoms with Crippen molar-refractivity contribution < 1.29 is 45.4 Å². The number of rotatable bonds is 8. The number of nitrogens with zero attached hydrogens (tertiary/aromatic N) is 4. The fourth-order valence-corrected chi connectivity index (χ4v) is 8.21. The van der Waals surface area contributed by atoms with Crippen molar-refractivity contribution in [3.63, 3.8) is 0 Å². The van der Waals surface area contributed by atoms with E-state index in [0.717, 1.165) is 38.9 Å². The molecule has 1 N–H and O–H groups in total. The third kappa shape index (κ3) is 7.51. The first-order chi connectivity index (χ1) is 26.1. The normalized spacial score (nSPS) is 15.6. The summed E-state index contributed by atoms with van der Waals surface area (Å²) >= 11 is 0. The van der Waals surface area contributed by atoms with Crippen LogP contribution in [-0.4, -0.2) is 86.2 Å². The van der Waals surface area contributed by atoms with Crippen LogP contribution in [0.25, 0.3) is 33.4 Å². The van der Waals surface area contributed by atoms with E-state index in [1.54, 1.807) is 20.4 Å². The Morgan fingerprint density at radius 3 is 2.18 bits per heavy atom. The number of alkyl halides is 3. The number of halogens is 3. The minimum Gasteiger partial charge on any atom is -0.497 e. The molecule has 2 aliphatic heterocycles. The Labute approximate surface area is 314 Å². The lowest BCUT2D eigenvalue weighted by Crippen LogP contribution is -2.45. The number of anilines is 2. The molecule has 1 saturated heterocycles. The number of carbonyl (C=O) groups is 3. The molecule has 4 heterocycles. The number of piperidine rings is 1. The second-order valence-corrected chi connectivity index (χ2v) is 15.9. The molecule has 5 aromatic rings. The number of nitrogens with one attached hydrogen (secondary N) is 1. The molecule has 0 radical (unpaired) electrons. The highest BCUT2D eigenvalue weighted by Gasteiger charge is 2.42. The molecule has 55 heavy (non-hydrogen) atoms. The molecule has 0 bridgehead atoms. The van der Waals surface area contributed by atoms with Gasteiger partial charge in [0.2, 0.25) is 0 Å². The monoisotopic (exact) mass is 775 g/mol. The van der Waals surface area contributed by atoms with Crippen LogP contribution in [0.4, 0.5) is 29.3 Å². The number of pyridine rings is 1. The van der Waals surface area contributed by atoms with Gasteiger partial charge < -0.3 is 14.5 Å². The van der Waals surface area contributed by atoms with E-state index in [4.69, 9.17) is 9.72 Å². The number of sulfone groups is 1. The van der Waals surface area contributed by atoms with Crippen LogP contribution in [-0.2, 0) is 32.5 Å². The van der Waals surface area contributed by atoms with Gasteiger partial charge in [-0.05, 0) is 79.0 Å². The van der Waals surface area contributed by atoms with E-state index >= 15 is 0 Å². The molecule has 286 valence electrons. The van der Waals surface area contributed by atoms with Gasteiger partial charge in [0.15, 0.2) is 0 Å². The van der Waals surface area contributed by atoms with Crippen molar-refractivity contribution in [1.29, 1.82) is 0 Å². The maximum absolute atomic E-state index is 13.7. The van der Waals surface area contributed by atoms with E-state index < -0.39 is 34.0 Å². The third-order valence-electron chi connectivity index (χ3n) is 10.1. The first-order valence-electron chi connectivity index (χ1n) is 17.3. The minimum atomic E-state index is -5.33. The number of H-pyrrole nitrogens is 1.